The first-order valence-electron chi connectivity index (χ1n) is 32.1. The molecule has 0 saturated heterocycles. The van der Waals surface area contributed by atoms with Gasteiger partial charge in [-0.05, 0) is 190 Å². The molecule has 0 atom stereocenters. The van der Waals surface area contributed by atoms with Crippen molar-refractivity contribution in [3.05, 3.63) is 367 Å². The Balaban J connectivity index is 0.000000176. The molecular weight excluding hydrogens is 1460 g/mol. The van der Waals surface area contributed by atoms with E-state index in [0.29, 0.717) is 72.7 Å². The number of halogens is 13. The monoisotopic (exact) mass is 1520 g/mol. The lowest BCUT2D eigenvalue weighted by Gasteiger charge is -2.12. The number of nitro groups is 2. The van der Waals surface area contributed by atoms with E-state index >= 15 is 0 Å². The van der Waals surface area contributed by atoms with Crippen molar-refractivity contribution in [2.24, 2.45) is 0 Å². The number of alkyl halides is 12. The van der Waals surface area contributed by atoms with Crippen LogP contribution >= 0.6 is 11.6 Å². The van der Waals surface area contributed by atoms with Crippen molar-refractivity contribution >= 4 is 68.7 Å². The average Bonchev–Trinajstić information content (AvgIpc) is 0.826. The van der Waals surface area contributed by atoms with Crippen LogP contribution in [0.1, 0.15) is 74.8 Å². The molecule has 0 aliphatic carbocycles. The van der Waals surface area contributed by atoms with Crippen molar-refractivity contribution in [2.75, 3.05) is 21.7 Å². The Kier molecular flexibility index (Phi) is 27.0. The fourth-order valence-electron chi connectivity index (χ4n) is 10.4. The summed E-state index contributed by atoms with van der Waals surface area (Å²) in [5.74, 6) is -1.16. The predicted octanol–water partition coefficient (Wildman–Crippen LogP) is 23.3. The zero-order valence-electron chi connectivity index (χ0n) is 56.9. The zero-order valence-corrected chi connectivity index (χ0v) is 57.6. The Bertz CT molecular complexity index is 5060. The molecule has 14 nitrogen and oxygen atoms in total. The summed E-state index contributed by atoms with van der Waals surface area (Å²) in [5, 5.41) is 28.5. The summed E-state index contributed by atoms with van der Waals surface area (Å²) in [7, 11) is 0. The van der Waals surface area contributed by atoms with Crippen molar-refractivity contribution in [2.45, 2.75) is 38.6 Å². The molecule has 12 aromatic carbocycles. The fraction of sp³-hybridized carbons (Fsp3) is 0.0732. The van der Waals surface area contributed by atoms with Crippen LogP contribution in [0.15, 0.2) is 291 Å². The second-order valence-electron chi connectivity index (χ2n) is 23.5. The fourth-order valence-corrected chi connectivity index (χ4v) is 10.6. The summed E-state index contributed by atoms with van der Waals surface area (Å²) in [6, 6.07) is 71.4. The van der Waals surface area contributed by atoms with Gasteiger partial charge in [-0.3, -0.25) is 39.4 Å². The highest BCUT2D eigenvalue weighted by molar-refractivity contribution is 6.68. The molecule has 3 amide bonds. The maximum atomic E-state index is 12.7. The summed E-state index contributed by atoms with van der Waals surface area (Å²) in [5.41, 5.74) is 11.6. The summed E-state index contributed by atoms with van der Waals surface area (Å²) >= 11 is 5.44. The van der Waals surface area contributed by atoms with Gasteiger partial charge in [0.05, 0.1) is 32.1 Å². The number of aryl methyl sites for hydroxylation is 2. The average molecular weight is 1520 g/mol. The van der Waals surface area contributed by atoms with Crippen molar-refractivity contribution < 1.29 is 81.7 Å². The molecule has 0 aromatic heterocycles. The van der Waals surface area contributed by atoms with E-state index in [1.807, 2.05) is 50.2 Å². The third-order valence-electron chi connectivity index (χ3n) is 15.7. The molecule has 556 valence electrons. The number of nitrogen functional groups attached to an aromatic ring is 1. The summed E-state index contributed by atoms with van der Waals surface area (Å²) < 4.78 is 152. The number of hydrogen-bond acceptors (Lipinski definition) is 9. The number of amides is 3. The van der Waals surface area contributed by atoms with Crippen molar-refractivity contribution in [3.63, 3.8) is 0 Å². The number of carbonyl (C=O) groups is 4. The van der Waals surface area contributed by atoms with Gasteiger partial charge < -0.3 is 21.7 Å². The Morgan fingerprint density at radius 1 is 0.321 bits per heavy atom. The van der Waals surface area contributed by atoms with Crippen molar-refractivity contribution in [1.82, 2.24) is 0 Å². The van der Waals surface area contributed by atoms with Gasteiger partial charge in [0.25, 0.3) is 34.3 Å². The van der Waals surface area contributed by atoms with E-state index in [-0.39, 0.29) is 40.0 Å². The number of nitro benzene ring substituents is 2. The van der Waals surface area contributed by atoms with E-state index in [1.54, 1.807) is 109 Å². The van der Waals surface area contributed by atoms with E-state index in [9.17, 15) is 92.1 Å². The van der Waals surface area contributed by atoms with E-state index in [0.717, 1.165) is 59.7 Å². The number of anilines is 4. The van der Waals surface area contributed by atoms with E-state index in [2.05, 4.69) is 16.0 Å². The third-order valence-corrected chi connectivity index (χ3v) is 15.9. The molecule has 0 radical (unpaired) electrons. The lowest BCUT2D eigenvalue weighted by Crippen LogP contribution is -2.13. The minimum absolute atomic E-state index is 0.0278. The summed E-state index contributed by atoms with van der Waals surface area (Å²) in [4.78, 5) is 69.1. The van der Waals surface area contributed by atoms with Gasteiger partial charge in [0.1, 0.15) is 0 Å². The highest BCUT2D eigenvalue weighted by Gasteiger charge is 2.33. The van der Waals surface area contributed by atoms with E-state index in [4.69, 9.17) is 17.3 Å². The molecule has 0 bridgehead atoms. The lowest BCUT2D eigenvalue weighted by atomic mass is 9.98. The van der Waals surface area contributed by atoms with Crippen LogP contribution in [0.5, 0.6) is 0 Å². The molecule has 0 spiro atoms. The van der Waals surface area contributed by atoms with Crippen LogP contribution in [-0.4, -0.2) is 32.8 Å². The smallest absolute Gasteiger partial charge is 0.399 e. The first-order chi connectivity index (χ1) is 51.5. The molecule has 0 saturated carbocycles. The van der Waals surface area contributed by atoms with Crippen LogP contribution in [0.3, 0.4) is 0 Å². The van der Waals surface area contributed by atoms with E-state index in [1.165, 1.54) is 97.1 Å². The zero-order chi connectivity index (χ0) is 79.4. The largest absolute Gasteiger partial charge is 0.416 e. The topological polar surface area (TPSA) is 217 Å². The van der Waals surface area contributed by atoms with E-state index < -0.39 is 68.0 Å². The molecule has 12 rings (SSSR count). The van der Waals surface area contributed by atoms with Gasteiger partial charge in [0.15, 0.2) is 0 Å². The number of carbonyl (C=O) groups excluding carboxylic acids is 4. The van der Waals surface area contributed by atoms with Crippen LogP contribution in [0.4, 0.5) is 86.8 Å². The number of nitrogens with two attached hydrogens (primary N) is 1. The number of benzene rings is 12. The molecule has 5 N–H and O–H groups in total. The standard InChI is InChI=1S/2C21H16F3NO.C20H13F3N2O3.C14H8ClF3O.C6H6N2O2/c2*1-14-5-4-6-17(13-14)25-20(26)19-8-3-2-7-18(19)15-9-11-16(12-10-15)21(22,23)24;21-20(22,23)14-10-8-13(9-11-14)17-6-1-2-7-18(17)19(26)24-15-4-3-5-16(12-15)25(27)28;15-13(19)12-4-2-1-3-11(12)9-5-7-10(8-6-9)14(16,17)18;7-5-2-1-3-6(4-5)8(9)10/h2*2-13H,1H3,(H,25,26);1-12H,(H,24,26);1-8H;1-4H,7H2. The van der Waals surface area contributed by atoms with Crippen LogP contribution in [-0.2, 0) is 24.7 Å². The number of nitrogens with one attached hydrogen (secondary N) is 3. The molecule has 27 heteroatoms. The minimum Gasteiger partial charge on any atom is -0.399 e. The quantitative estimate of drug-likeness (QED) is 0.0283. The van der Waals surface area contributed by atoms with Gasteiger partial charge in [0, 0.05) is 69.3 Å². The SMILES string of the molecule is Cc1cccc(NC(=O)c2ccccc2-c2ccc(C(F)(F)F)cc2)c1.Cc1cccc(NC(=O)c2ccccc2-c2ccc(C(F)(F)F)cc2)c1.Nc1cccc([N+](=O)[O-])c1.O=C(Cl)c1ccccc1-c1ccc(C(F)(F)F)cc1.O=C(Nc1cccc([N+](=O)[O-])c1)c1ccccc1-c1ccc(C(F)(F)F)cc1. The van der Waals surface area contributed by atoms with Crippen LogP contribution in [0, 0.1) is 34.1 Å². The Morgan fingerprint density at radius 2 is 0.569 bits per heavy atom. The highest BCUT2D eigenvalue weighted by Crippen LogP contribution is 2.37. The second kappa shape index (κ2) is 36.2. The molecule has 109 heavy (non-hydrogen) atoms. The second-order valence-corrected chi connectivity index (χ2v) is 23.9. The van der Waals surface area contributed by atoms with Gasteiger partial charge in [-0.1, -0.05) is 158 Å². The number of hydrogen-bond donors (Lipinski definition) is 4. The maximum absolute atomic E-state index is 12.7. The van der Waals surface area contributed by atoms with Gasteiger partial charge >= 0.3 is 24.7 Å². The molecule has 0 unspecified atom stereocenters. The molecule has 0 fully saturated rings. The van der Waals surface area contributed by atoms with Gasteiger partial charge in [-0.25, -0.2) is 0 Å². The Morgan fingerprint density at radius 3 is 0.826 bits per heavy atom. The van der Waals surface area contributed by atoms with Gasteiger partial charge in [-0.2, -0.15) is 52.7 Å². The first-order valence-corrected chi connectivity index (χ1v) is 32.5. The molecule has 12 aromatic rings. The van der Waals surface area contributed by atoms with Gasteiger partial charge in [0.2, 0.25) is 0 Å². The Labute approximate surface area is 619 Å². The first kappa shape index (κ1) is 81.4. The number of rotatable bonds is 13. The molecular formula is C82H59ClF12N6O8. The lowest BCUT2D eigenvalue weighted by molar-refractivity contribution is -0.385. The number of nitrogens with zero attached hydrogens (tertiary/aromatic N) is 2. The number of non-ortho nitro benzene ring substituents is 2. The summed E-state index contributed by atoms with van der Waals surface area (Å²) in [6.45, 7) is 3.84. The van der Waals surface area contributed by atoms with Gasteiger partial charge in [-0.15, -0.1) is 0 Å². The molecule has 0 heterocycles. The molecule has 0 aliphatic rings. The maximum Gasteiger partial charge on any atom is 0.416 e. The Hall–Kier alpha value is -13.2. The molecule has 0 aliphatic heterocycles. The third kappa shape index (κ3) is 23.4. The normalized spacial score (nSPS) is 11.0. The van der Waals surface area contributed by atoms with Crippen LogP contribution in [0.25, 0.3) is 44.5 Å². The predicted molar refractivity (Wildman–Crippen MR) is 395 cm³/mol. The van der Waals surface area contributed by atoms with Crippen LogP contribution in [0.2, 0.25) is 0 Å². The highest BCUT2D eigenvalue weighted by atomic mass is 35.5. The van der Waals surface area contributed by atoms with Crippen molar-refractivity contribution in [1.29, 1.82) is 0 Å². The minimum atomic E-state index is -4.45. The summed E-state index contributed by atoms with van der Waals surface area (Å²) in [6.07, 6.45) is -17.6. The van der Waals surface area contributed by atoms with Crippen molar-refractivity contribution in [3.8, 4) is 44.5 Å². The van der Waals surface area contributed by atoms with Crippen LogP contribution < -0.4 is 21.7 Å².